The number of nitrogens with one attached hydrogen (secondary N) is 1. The molecule has 1 amide bonds. The molecule has 0 bridgehead atoms. The number of rotatable bonds is 5. The Balaban J connectivity index is 2.13. The Bertz CT molecular complexity index is 698. The van der Waals surface area contributed by atoms with Crippen molar-refractivity contribution in [2.45, 2.75) is 0 Å². The van der Waals surface area contributed by atoms with Crippen LogP contribution in [0.5, 0.6) is 11.5 Å². The van der Waals surface area contributed by atoms with Crippen molar-refractivity contribution in [3.05, 3.63) is 58.6 Å². The lowest BCUT2D eigenvalue weighted by molar-refractivity contribution is -0.111. The van der Waals surface area contributed by atoms with Gasteiger partial charge >= 0.3 is 0 Å². The van der Waals surface area contributed by atoms with Crippen molar-refractivity contribution in [2.75, 3.05) is 19.5 Å². The largest absolute Gasteiger partial charge is 0.493 e. The first-order valence-corrected chi connectivity index (χ1v) is 7.39. The lowest BCUT2D eigenvalue weighted by Gasteiger charge is -2.09. The van der Waals surface area contributed by atoms with Crippen molar-refractivity contribution < 1.29 is 14.3 Å². The summed E-state index contributed by atoms with van der Waals surface area (Å²) in [5, 5.41) is 2.79. The van der Waals surface area contributed by atoms with Crippen LogP contribution in [-0.2, 0) is 4.79 Å². The number of methoxy groups -OCH3 is 2. The first-order chi connectivity index (χ1) is 10.6. The fraction of sp³-hybridized carbons (Fsp3) is 0.118. The third kappa shape index (κ3) is 4.11. The van der Waals surface area contributed by atoms with E-state index in [9.17, 15) is 4.79 Å². The highest BCUT2D eigenvalue weighted by molar-refractivity contribution is 9.10. The number of halogens is 1. The van der Waals surface area contributed by atoms with Gasteiger partial charge in [0.15, 0.2) is 11.5 Å². The zero-order valence-corrected chi connectivity index (χ0v) is 13.9. The molecule has 0 heterocycles. The molecule has 0 radical (unpaired) electrons. The van der Waals surface area contributed by atoms with E-state index < -0.39 is 0 Å². The van der Waals surface area contributed by atoms with Crippen LogP contribution in [0.3, 0.4) is 0 Å². The van der Waals surface area contributed by atoms with Crippen LogP contribution in [0, 0.1) is 0 Å². The summed E-state index contributed by atoms with van der Waals surface area (Å²) in [6.45, 7) is 0. The van der Waals surface area contributed by atoms with Crippen molar-refractivity contribution >= 4 is 33.6 Å². The summed E-state index contributed by atoms with van der Waals surface area (Å²) < 4.78 is 11.5. The number of para-hydroxylation sites is 1. The van der Waals surface area contributed by atoms with Gasteiger partial charge in [0, 0.05) is 21.8 Å². The second-order valence-electron chi connectivity index (χ2n) is 4.42. The van der Waals surface area contributed by atoms with Crippen LogP contribution in [0.1, 0.15) is 5.56 Å². The quantitative estimate of drug-likeness (QED) is 0.814. The molecule has 0 spiro atoms. The van der Waals surface area contributed by atoms with Crippen LogP contribution in [0.15, 0.2) is 53.0 Å². The lowest BCUT2D eigenvalue weighted by atomic mass is 10.1. The highest BCUT2D eigenvalue weighted by Crippen LogP contribution is 2.31. The summed E-state index contributed by atoms with van der Waals surface area (Å²) in [6, 6.07) is 12.9. The van der Waals surface area contributed by atoms with Crippen molar-refractivity contribution in [1.29, 1.82) is 0 Å². The van der Waals surface area contributed by atoms with Crippen LogP contribution >= 0.6 is 15.9 Å². The van der Waals surface area contributed by atoms with Gasteiger partial charge in [0.05, 0.1) is 14.2 Å². The number of hydrogen-bond donors (Lipinski definition) is 1. The molecule has 4 nitrogen and oxygen atoms in total. The van der Waals surface area contributed by atoms with Gasteiger partial charge in [0.25, 0.3) is 0 Å². The molecule has 0 aromatic heterocycles. The number of benzene rings is 2. The zero-order valence-electron chi connectivity index (χ0n) is 12.3. The van der Waals surface area contributed by atoms with E-state index in [1.807, 2.05) is 36.4 Å². The number of amides is 1. The predicted molar refractivity (Wildman–Crippen MR) is 91.4 cm³/mol. The van der Waals surface area contributed by atoms with Gasteiger partial charge in [0.2, 0.25) is 5.91 Å². The number of hydrogen-bond acceptors (Lipinski definition) is 3. The maximum Gasteiger partial charge on any atom is 0.248 e. The van der Waals surface area contributed by atoms with Crippen LogP contribution in [-0.4, -0.2) is 20.1 Å². The number of carbonyl (C=O) groups is 1. The van der Waals surface area contributed by atoms with Gasteiger partial charge in [-0.1, -0.05) is 34.1 Å². The monoisotopic (exact) mass is 361 g/mol. The summed E-state index contributed by atoms with van der Waals surface area (Å²) in [5.74, 6) is 0.997. The van der Waals surface area contributed by atoms with Gasteiger partial charge in [-0.05, 0) is 30.3 Å². The lowest BCUT2D eigenvalue weighted by Crippen LogP contribution is -2.07. The van der Waals surface area contributed by atoms with Gasteiger partial charge in [0.1, 0.15) is 0 Å². The van der Waals surface area contributed by atoms with Gasteiger partial charge in [-0.25, -0.2) is 0 Å². The van der Waals surface area contributed by atoms with Crippen molar-refractivity contribution in [3.8, 4) is 11.5 Å². The molecule has 0 saturated heterocycles. The molecule has 0 saturated carbocycles. The first-order valence-electron chi connectivity index (χ1n) is 6.59. The number of carbonyl (C=O) groups excluding carboxylic acids is 1. The van der Waals surface area contributed by atoms with Gasteiger partial charge in [-0.3, -0.25) is 4.79 Å². The minimum atomic E-state index is -0.219. The number of anilines is 1. The third-order valence-corrected chi connectivity index (χ3v) is 3.43. The molecule has 0 aliphatic heterocycles. The molecule has 1 N–H and O–H groups in total. The van der Waals surface area contributed by atoms with Crippen LogP contribution in [0.4, 0.5) is 5.69 Å². The normalized spacial score (nSPS) is 10.5. The Labute approximate surface area is 137 Å². The molecule has 0 atom stereocenters. The second-order valence-corrected chi connectivity index (χ2v) is 5.33. The minimum Gasteiger partial charge on any atom is -0.493 e. The van der Waals surface area contributed by atoms with E-state index in [-0.39, 0.29) is 5.91 Å². The minimum absolute atomic E-state index is 0.219. The molecule has 0 fully saturated rings. The Morgan fingerprint density at radius 1 is 1.14 bits per heavy atom. The van der Waals surface area contributed by atoms with Gasteiger partial charge in [-0.15, -0.1) is 0 Å². The summed E-state index contributed by atoms with van der Waals surface area (Å²) in [7, 11) is 3.14. The molecule has 0 aliphatic rings. The molecule has 2 rings (SSSR count). The first kappa shape index (κ1) is 16.1. The molecule has 114 valence electrons. The van der Waals surface area contributed by atoms with E-state index >= 15 is 0 Å². The smallest absolute Gasteiger partial charge is 0.248 e. The van der Waals surface area contributed by atoms with E-state index in [4.69, 9.17) is 9.47 Å². The molecular weight excluding hydrogens is 346 g/mol. The molecule has 5 heteroatoms. The molecule has 2 aromatic rings. The molecule has 2 aromatic carbocycles. The molecule has 0 aliphatic carbocycles. The van der Waals surface area contributed by atoms with Crippen molar-refractivity contribution in [1.82, 2.24) is 0 Å². The predicted octanol–water partition coefficient (Wildman–Crippen LogP) is 4.12. The fourth-order valence-electron chi connectivity index (χ4n) is 1.96. The van der Waals surface area contributed by atoms with Crippen molar-refractivity contribution in [2.24, 2.45) is 0 Å². The summed E-state index contributed by atoms with van der Waals surface area (Å²) in [4.78, 5) is 12.0. The van der Waals surface area contributed by atoms with E-state index in [2.05, 4.69) is 21.2 Å². The maximum atomic E-state index is 12.0. The zero-order chi connectivity index (χ0) is 15.9. The summed E-state index contributed by atoms with van der Waals surface area (Å²) in [6.07, 6.45) is 3.15. The number of ether oxygens (including phenoxy) is 2. The van der Waals surface area contributed by atoms with E-state index in [0.717, 1.165) is 15.7 Å². The van der Waals surface area contributed by atoms with Crippen molar-refractivity contribution in [3.63, 3.8) is 0 Å². The summed E-state index contributed by atoms with van der Waals surface area (Å²) in [5.41, 5.74) is 1.49. The Hall–Kier alpha value is -2.27. The van der Waals surface area contributed by atoms with E-state index in [0.29, 0.717) is 11.5 Å². The van der Waals surface area contributed by atoms with Gasteiger partial charge in [-0.2, -0.15) is 0 Å². The van der Waals surface area contributed by atoms with Gasteiger partial charge < -0.3 is 14.8 Å². The Morgan fingerprint density at radius 2 is 1.91 bits per heavy atom. The van der Waals surface area contributed by atoms with E-state index in [1.54, 1.807) is 26.4 Å². The molecule has 0 unspecified atom stereocenters. The maximum absolute atomic E-state index is 12.0. The standard InChI is InChI=1S/C17H16BrNO3/c1-21-15-8-3-5-12(17(15)22-2)9-10-16(20)19-14-7-4-6-13(18)11-14/h3-11H,1-2H3,(H,19,20). The third-order valence-electron chi connectivity index (χ3n) is 2.94. The van der Waals surface area contributed by atoms with Crippen LogP contribution in [0.25, 0.3) is 6.08 Å². The molecular formula is C17H16BrNO3. The highest BCUT2D eigenvalue weighted by Gasteiger charge is 2.07. The van der Waals surface area contributed by atoms with E-state index in [1.165, 1.54) is 6.08 Å². The summed E-state index contributed by atoms with van der Waals surface area (Å²) >= 11 is 3.36. The highest BCUT2D eigenvalue weighted by atomic mass is 79.9. The van der Waals surface area contributed by atoms with Crippen LogP contribution in [0.2, 0.25) is 0 Å². The Morgan fingerprint density at radius 3 is 2.59 bits per heavy atom. The average molecular weight is 362 g/mol. The Kier molecular flexibility index (Phi) is 5.61. The average Bonchev–Trinajstić information content (AvgIpc) is 2.52. The topological polar surface area (TPSA) is 47.6 Å². The van der Waals surface area contributed by atoms with Crippen LogP contribution < -0.4 is 14.8 Å². The molecule has 22 heavy (non-hydrogen) atoms. The second kappa shape index (κ2) is 7.66. The SMILES string of the molecule is COc1cccc(C=CC(=O)Nc2cccc(Br)c2)c1OC. The fourth-order valence-corrected chi connectivity index (χ4v) is 2.36.